The minimum atomic E-state index is -1.26. The molecule has 8 heteroatoms. The lowest BCUT2D eigenvalue weighted by atomic mass is 9.43. The van der Waals surface area contributed by atoms with Crippen molar-refractivity contribution in [2.24, 2.45) is 34.5 Å². The van der Waals surface area contributed by atoms with Crippen molar-refractivity contribution in [1.29, 1.82) is 0 Å². The monoisotopic (exact) mass is 506 g/mol. The summed E-state index contributed by atoms with van der Waals surface area (Å²) in [5.41, 5.74) is 0.257. The molecule has 0 aromatic heterocycles. The van der Waals surface area contributed by atoms with Crippen LogP contribution in [0.4, 0.5) is 0 Å². The van der Waals surface area contributed by atoms with Gasteiger partial charge in [0.25, 0.3) is 0 Å². The molecule has 0 radical (unpaired) electrons. The van der Waals surface area contributed by atoms with Crippen molar-refractivity contribution in [2.75, 3.05) is 13.2 Å². The molecule has 0 unspecified atom stereocenters. The third kappa shape index (κ3) is 3.58. The van der Waals surface area contributed by atoms with Crippen molar-refractivity contribution in [1.82, 2.24) is 0 Å². The van der Waals surface area contributed by atoms with Crippen molar-refractivity contribution >= 4 is 5.97 Å². The van der Waals surface area contributed by atoms with Gasteiger partial charge in [-0.2, -0.15) is 0 Å². The van der Waals surface area contributed by atoms with E-state index in [-0.39, 0.29) is 41.3 Å². The Balaban J connectivity index is 1.16. The number of fused-ring (bicyclic) bond motifs is 5. The molecule has 1 saturated heterocycles. The lowest BCUT2D eigenvalue weighted by molar-refractivity contribution is -0.290. The smallest absolute Gasteiger partial charge is 0.331 e. The molecule has 5 fully saturated rings. The predicted octanol–water partition coefficient (Wildman–Crippen LogP) is 2.07. The van der Waals surface area contributed by atoms with Crippen LogP contribution in [0.25, 0.3) is 0 Å². The van der Waals surface area contributed by atoms with Crippen LogP contribution in [0.2, 0.25) is 0 Å². The van der Waals surface area contributed by atoms with Crippen LogP contribution in [0.5, 0.6) is 0 Å². The van der Waals surface area contributed by atoms with Crippen LogP contribution in [-0.4, -0.2) is 75.9 Å². The van der Waals surface area contributed by atoms with E-state index in [1.165, 1.54) is 0 Å². The Morgan fingerprint density at radius 2 is 1.78 bits per heavy atom. The number of ether oxygens (including phenoxy) is 3. The molecule has 4 N–H and O–H groups in total. The number of aliphatic hydroxyl groups excluding tert-OH is 3. The summed E-state index contributed by atoms with van der Waals surface area (Å²) in [4.78, 5) is 11.8. The third-order valence-electron chi connectivity index (χ3n) is 11.7. The summed E-state index contributed by atoms with van der Waals surface area (Å²) in [7, 11) is 0. The molecule has 8 nitrogen and oxygen atoms in total. The molecule has 4 saturated carbocycles. The second-order valence-electron chi connectivity index (χ2n) is 13.1. The van der Waals surface area contributed by atoms with Crippen LogP contribution in [0.3, 0.4) is 0 Å². The summed E-state index contributed by atoms with van der Waals surface area (Å²) in [5.74, 6) is 1.15. The molecule has 0 bridgehead atoms. The van der Waals surface area contributed by atoms with E-state index in [4.69, 9.17) is 14.2 Å². The second-order valence-corrected chi connectivity index (χ2v) is 13.1. The van der Waals surface area contributed by atoms with Gasteiger partial charge in [-0.25, -0.2) is 4.79 Å². The maximum atomic E-state index is 12.3. The lowest BCUT2D eigenvalue weighted by Gasteiger charge is -2.64. The minimum Gasteiger partial charge on any atom is -0.458 e. The molecule has 6 aliphatic rings. The van der Waals surface area contributed by atoms with Crippen molar-refractivity contribution in [3.8, 4) is 0 Å². The van der Waals surface area contributed by atoms with E-state index in [9.17, 15) is 25.2 Å². The molecule has 202 valence electrons. The maximum absolute atomic E-state index is 12.3. The highest BCUT2D eigenvalue weighted by Crippen LogP contribution is 2.70. The Kier molecular flexibility index (Phi) is 6.14. The number of rotatable bonds is 3. The molecular weight excluding hydrogens is 464 g/mol. The summed E-state index contributed by atoms with van der Waals surface area (Å²) in [6.45, 7) is 5.00. The van der Waals surface area contributed by atoms with Crippen LogP contribution >= 0.6 is 0 Å². The van der Waals surface area contributed by atoms with Crippen LogP contribution in [0.1, 0.15) is 71.6 Å². The molecule has 0 amide bonds. The van der Waals surface area contributed by atoms with Gasteiger partial charge in [-0.3, -0.25) is 0 Å². The second kappa shape index (κ2) is 8.75. The van der Waals surface area contributed by atoms with E-state index in [2.05, 4.69) is 13.8 Å². The molecule has 4 aliphatic carbocycles. The first-order chi connectivity index (χ1) is 17.1. The summed E-state index contributed by atoms with van der Waals surface area (Å²) >= 11 is 0. The highest BCUT2D eigenvalue weighted by molar-refractivity contribution is 5.85. The van der Waals surface area contributed by atoms with Crippen molar-refractivity contribution < 1.29 is 39.4 Å². The van der Waals surface area contributed by atoms with Gasteiger partial charge in [0.1, 0.15) is 24.9 Å². The van der Waals surface area contributed by atoms with E-state index in [0.717, 1.165) is 63.4 Å². The zero-order chi connectivity index (χ0) is 25.5. The fourth-order valence-corrected chi connectivity index (χ4v) is 9.58. The van der Waals surface area contributed by atoms with Gasteiger partial charge in [0.15, 0.2) is 6.29 Å². The van der Waals surface area contributed by atoms with Gasteiger partial charge in [-0.05, 0) is 92.4 Å². The molecule has 36 heavy (non-hydrogen) atoms. The quantitative estimate of drug-likeness (QED) is 0.339. The van der Waals surface area contributed by atoms with Crippen LogP contribution in [0, 0.1) is 34.5 Å². The normalized spacial score (nSPS) is 54.8. The first kappa shape index (κ1) is 25.3. The lowest BCUT2D eigenvalue weighted by Crippen LogP contribution is -2.62. The van der Waals surface area contributed by atoms with Gasteiger partial charge in [0.05, 0.1) is 18.3 Å². The fraction of sp³-hybridized carbons (Fsp3) is 0.893. The Bertz CT molecular complexity index is 921. The first-order valence-corrected chi connectivity index (χ1v) is 14.0. The van der Waals surface area contributed by atoms with Gasteiger partial charge in [-0.1, -0.05) is 13.8 Å². The zero-order valence-electron chi connectivity index (χ0n) is 21.5. The van der Waals surface area contributed by atoms with Gasteiger partial charge in [0, 0.05) is 11.5 Å². The maximum Gasteiger partial charge on any atom is 0.331 e. The SMILES string of the molecule is C[C@]12CC[C@H](O[C@@H]3OC[C@H](O)[C@H](O)[C@H]3O)C[C@H]1CC[C@@H]1[C@@H]2CC[C@]2(C)[C@@H](C3=CC(=O)OC3)CC[C@]12O. The Hall–Kier alpha value is -1.03. The number of hydrogen-bond donors (Lipinski definition) is 4. The van der Waals surface area contributed by atoms with Crippen molar-refractivity contribution in [3.05, 3.63) is 11.6 Å². The van der Waals surface area contributed by atoms with Gasteiger partial charge in [0.2, 0.25) is 0 Å². The number of hydrogen-bond acceptors (Lipinski definition) is 8. The fourth-order valence-electron chi connectivity index (χ4n) is 9.58. The first-order valence-electron chi connectivity index (χ1n) is 14.0. The molecule has 12 atom stereocenters. The summed E-state index contributed by atoms with van der Waals surface area (Å²) in [6, 6.07) is 0. The molecular formula is C28H42O8. The molecule has 2 heterocycles. The van der Waals surface area contributed by atoms with E-state index in [1.807, 2.05) is 0 Å². The summed E-state index contributed by atoms with van der Waals surface area (Å²) < 4.78 is 16.9. The van der Waals surface area contributed by atoms with Gasteiger partial charge in [-0.15, -0.1) is 0 Å². The van der Waals surface area contributed by atoms with Crippen LogP contribution in [-0.2, 0) is 19.0 Å². The van der Waals surface area contributed by atoms with E-state index >= 15 is 0 Å². The average Bonchev–Trinajstić information content (AvgIpc) is 3.39. The molecule has 0 aromatic carbocycles. The molecule has 0 spiro atoms. The van der Waals surface area contributed by atoms with Gasteiger partial charge >= 0.3 is 5.97 Å². The topological polar surface area (TPSA) is 126 Å². The van der Waals surface area contributed by atoms with Crippen molar-refractivity contribution in [3.63, 3.8) is 0 Å². The molecule has 2 aliphatic heterocycles. The van der Waals surface area contributed by atoms with E-state index in [0.29, 0.717) is 18.4 Å². The van der Waals surface area contributed by atoms with Crippen LogP contribution in [0.15, 0.2) is 11.6 Å². The summed E-state index contributed by atoms with van der Waals surface area (Å²) in [6.07, 6.45) is 5.63. The van der Waals surface area contributed by atoms with Crippen LogP contribution < -0.4 is 0 Å². The van der Waals surface area contributed by atoms with Crippen molar-refractivity contribution in [2.45, 2.75) is 108 Å². The Morgan fingerprint density at radius 1 is 0.972 bits per heavy atom. The Labute approximate surface area is 213 Å². The third-order valence-corrected chi connectivity index (χ3v) is 11.7. The number of carbonyl (C=O) groups excluding carboxylic acids is 1. The van der Waals surface area contributed by atoms with E-state index in [1.54, 1.807) is 6.08 Å². The Morgan fingerprint density at radius 3 is 2.53 bits per heavy atom. The number of aliphatic hydroxyl groups is 4. The minimum absolute atomic E-state index is 0.0456. The standard InChI is InChI=1S/C28H42O8/c1-26-8-5-17(36-25-24(32)23(31)21(29)14-35-25)12-16(26)3-4-20-19(26)6-9-27(2)18(7-10-28(20,27)33)15-11-22(30)34-13-15/h11,16-21,23-25,29,31-33H,3-10,12-14H2,1-2H3/t16-,17+,18-,19+,20-,21+,23+,24-,25+,26+,27-,28+/m1/s1. The van der Waals surface area contributed by atoms with E-state index < -0.39 is 30.2 Å². The predicted molar refractivity (Wildman–Crippen MR) is 128 cm³/mol. The number of esters is 1. The van der Waals surface area contributed by atoms with Gasteiger partial charge < -0.3 is 34.6 Å². The largest absolute Gasteiger partial charge is 0.458 e. The molecule has 6 rings (SSSR count). The number of cyclic esters (lactones) is 1. The summed E-state index contributed by atoms with van der Waals surface area (Å²) in [5, 5.41) is 42.4. The average molecular weight is 507 g/mol. The molecule has 0 aromatic rings. The highest BCUT2D eigenvalue weighted by Gasteiger charge is 2.67. The number of carbonyl (C=O) groups is 1. The zero-order valence-corrected chi connectivity index (χ0v) is 21.5. The highest BCUT2D eigenvalue weighted by atomic mass is 16.7.